The van der Waals surface area contributed by atoms with Crippen LogP contribution in [0.3, 0.4) is 0 Å². The second kappa shape index (κ2) is 8.80. The van der Waals surface area contributed by atoms with E-state index in [0.717, 1.165) is 16.6 Å². The van der Waals surface area contributed by atoms with E-state index in [4.69, 9.17) is 0 Å². The molecule has 1 atom stereocenters. The largest absolute Gasteiger partial charge is 0.338 e. The van der Waals surface area contributed by atoms with E-state index < -0.39 is 15.9 Å². The number of benzene rings is 3. The maximum atomic E-state index is 13.2. The van der Waals surface area contributed by atoms with Crippen molar-refractivity contribution >= 4 is 32.7 Å². The highest BCUT2D eigenvalue weighted by atomic mass is 32.2. The van der Waals surface area contributed by atoms with Crippen molar-refractivity contribution in [2.75, 3.05) is 18.4 Å². The molecule has 3 aromatic carbocycles. The third kappa shape index (κ3) is 4.27. The molecule has 0 aliphatic carbocycles. The van der Waals surface area contributed by atoms with Gasteiger partial charge in [-0.05, 0) is 49.2 Å². The molecule has 2 heterocycles. The monoisotopic (exact) mass is 460 g/mol. The van der Waals surface area contributed by atoms with Gasteiger partial charge < -0.3 is 10.3 Å². The molecule has 1 aromatic heterocycles. The smallest absolute Gasteiger partial charge is 0.243 e. The van der Waals surface area contributed by atoms with Crippen LogP contribution in [-0.4, -0.2) is 41.7 Å². The van der Waals surface area contributed by atoms with Crippen molar-refractivity contribution in [2.45, 2.75) is 17.7 Å². The lowest BCUT2D eigenvalue weighted by Gasteiger charge is -2.31. The maximum Gasteiger partial charge on any atom is 0.243 e. The number of nitrogens with one attached hydrogen (secondary N) is 2. The van der Waals surface area contributed by atoms with Gasteiger partial charge in [0.1, 0.15) is 5.82 Å². The first kappa shape index (κ1) is 21.4. The van der Waals surface area contributed by atoms with Crippen molar-refractivity contribution in [2.24, 2.45) is 5.92 Å². The summed E-state index contributed by atoms with van der Waals surface area (Å²) in [6, 6.07) is 23.6. The third-order valence-electron chi connectivity index (χ3n) is 5.97. The van der Waals surface area contributed by atoms with Crippen LogP contribution in [0.15, 0.2) is 83.8 Å². The first-order valence-electron chi connectivity index (χ1n) is 10.9. The van der Waals surface area contributed by atoms with Gasteiger partial charge in [0.15, 0.2) is 0 Å². The van der Waals surface area contributed by atoms with E-state index in [1.54, 1.807) is 30.3 Å². The number of anilines is 1. The van der Waals surface area contributed by atoms with Gasteiger partial charge >= 0.3 is 0 Å². The summed E-state index contributed by atoms with van der Waals surface area (Å²) in [5.74, 6) is 0.0523. The normalized spacial score (nSPS) is 17.2. The summed E-state index contributed by atoms with van der Waals surface area (Å²) < 4.78 is 27.5. The fraction of sp³-hybridized carbons (Fsp3) is 0.200. The van der Waals surface area contributed by atoms with E-state index in [9.17, 15) is 13.2 Å². The number of para-hydroxylation sites is 3. The molecule has 0 spiro atoms. The fourth-order valence-electron chi connectivity index (χ4n) is 4.23. The average Bonchev–Trinajstić information content (AvgIpc) is 3.29. The van der Waals surface area contributed by atoms with Crippen LogP contribution in [0.5, 0.6) is 0 Å². The van der Waals surface area contributed by atoms with Gasteiger partial charge in [-0.3, -0.25) is 4.79 Å². The van der Waals surface area contributed by atoms with Gasteiger partial charge in [0, 0.05) is 18.7 Å². The van der Waals surface area contributed by atoms with E-state index in [1.807, 2.05) is 48.5 Å². The Balaban J connectivity index is 1.36. The number of amides is 1. The molecule has 8 heteroatoms. The molecule has 0 saturated carbocycles. The topological polar surface area (TPSA) is 95.2 Å². The lowest BCUT2D eigenvalue weighted by molar-refractivity contribution is -0.120. The Hall–Kier alpha value is -3.49. The molecule has 7 nitrogen and oxygen atoms in total. The molecular weight excluding hydrogens is 436 g/mol. The van der Waals surface area contributed by atoms with Crippen molar-refractivity contribution in [3.63, 3.8) is 0 Å². The third-order valence-corrected chi connectivity index (χ3v) is 7.84. The standard InChI is InChI=1S/C25H24N4O3S/c30-25(18-9-8-16-29(17-18)33(31,32)19-10-2-1-3-11-19)28-21-13-5-4-12-20(21)24-26-22-14-6-7-15-23(22)27-24/h1-7,10-15,18H,8-9,16-17H2,(H,26,27)(H,28,30). The SMILES string of the molecule is O=C(Nc1ccccc1-c1nc2ccccc2[nH]1)C1CCCN(S(=O)(=O)c2ccccc2)C1. The first-order chi connectivity index (χ1) is 16.0. The predicted molar refractivity (Wildman–Crippen MR) is 128 cm³/mol. The number of piperidine rings is 1. The number of rotatable bonds is 5. The highest BCUT2D eigenvalue weighted by Gasteiger charge is 2.33. The van der Waals surface area contributed by atoms with Crippen LogP contribution in [0, 0.1) is 5.92 Å². The van der Waals surface area contributed by atoms with E-state index >= 15 is 0 Å². The van der Waals surface area contributed by atoms with Gasteiger partial charge in [0.25, 0.3) is 0 Å². The summed E-state index contributed by atoms with van der Waals surface area (Å²) in [4.78, 5) is 21.4. The van der Waals surface area contributed by atoms with Crippen LogP contribution in [-0.2, 0) is 14.8 Å². The molecule has 1 amide bonds. The molecule has 33 heavy (non-hydrogen) atoms. The highest BCUT2D eigenvalue weighted by molar-refractivity contribution is 7.89. The number of nitrogens with zero attached hydrogens (tertiary/aromatic N) is 2. The molecule has 2 N–H and O–H groups in total. The summed E-state index contributed by atoms with van der Waals surface area (Å²) in [5, 5.41) is 3.01. The maximum absolute atomic E-state index is 13.2. The van der Waals surface area contributed by atoms with Gasteiger partial charge in [-0.2, -0.15) is 4.31 Å². The molecule has 1 unspecified atom stereocenters. The van der Waals surface area contributed by atoms with E-state index in [-0.39, 0.29) is 17.3 Å². The van der Waals surface area contributed by atoms with Gasteiger partial charge in [-0.25, -0.2) is 13.4 Å². The summed E-state index contributed by atoms with van der Waals surface area (Å²) >= 11 is 0. The second-order valence-electron chi connectivity index (χ2n) is 8.15. The molecule has 0 radical (unpaired) electrons. The minimum atomic E-state index is -3.63. The van der Waals surface area contributed by atoms with E-state index in [2.05, 4.69) is 15.3 Å². The van der Waals surface area contributed by atoms with E-state index in [0.29, 0.717) is 30.9 Å². The summed E-state index contributed by atoms with van der Waals surface area (Å²) in [6.45, 7) is 0.576. The molecule has 0 bridgehead atoms. The van der Waals surface area contributed by atoms with Gasteiger partial charge in [-0.1, -0.05) is 42.5 Å². The molecule has 1 aliphatic heterocycles. The van der Waals surface area contributed by atoms with Crippen molar-refractivity contribution in [3.05, 3.63) is 78.9 Å². The number of sulfonamides is 1. The molecule has 1 fully saturated rings. The number of hydrogen-bond donors (Lipinski definition) is 2. The average molecular weight is 461 g/mol. The highest BCUT2D eigenvalue weighted by Crippen LogP contribution is 2.29. The number of hydrogen-bond acceptors (Lipinski definition) is 4. The summed E-state index contributed by atoms with van der Waals surface area (Å²) in [7, 11) is -3.63. The number of carbonyl (C=O) groups is 1. The van der Waals surface area contributed by atoms with E-state index in [1.165, 1.54) is 4.31 Å². The number of H-pyrrole nitrogens is 1. The zero-order valence-electron chi connectivity index (χ0n) is 17.9. The Bertz CT molecular complexity index is 1370. The van der Waals surface area contributed by atoms with Crippen LogP contribution in [0.2, 0.25) is 0 Å². The zero-order chi connectivity index (χ0) is 22.8. The van der Waals surface area contributed by atoms with Crippen molar-refractivity contribution in [3.8, 4) is 11.4 Å². The Morgan fingerprint density at radius 1 is 0.970 bits per heavy atom. The molecular formula is C25H24N4O3S. The molecule has 5 rings (SSSR count). The van der Waals surface area contributed by atoms with Crippen LogP contribution in [0.4, 0.5) is 5.69 Å². The number of aromatic nitrogens is 2. The van der Waals surface area contributed by atoms with Crippen LogP contribution < -0.4 is 5.32 Å². The van der Waals surface area contributed by atoms with Gasteiger partial charge in [0.2, 0.25) is 15.9 Å². The minimum absolute atomic E-state index is 0.163. The van der Waals surface area contributed by atoms with Crippen LogP contribution in [0.1, 0.15) is 12.8 Å². The van der Waals surface area contributed by atoms with Gasteiger partial charge in [-0.15, -0.1) is 0 Å². The summed E-state index contributed by atoms with van der Waals surface area (Å²) in [5.41, 5.74) is 3.20. The lowest BCUT2D eigenvalue weighted by atomic mass is 9.98. The number of imidazole rings is 1. The van der Waals surface area contributed by atoms with Crippen molar-refractivity contribution < 1.29 is 13.2 Å². The van der Waals surface area contributed by atoms with Crippen molar-refractivity contribution in [1.29, 1.82) is 0 Å². The van der Waals surface area contributed by atoms with Gasteiger partial charge in [0.05, 0.1) is 27.5 Å². The second-order valence-corrected chi connectivity index (χ2v) is 10.1. The number of fused-ring (bicyclic) bond motifs is 1. The Morgan fingerprint density at radius 3 is 2.52 bits per heavy atom. The number of aromatic amines is 1. The Morgan fingerprint density at radius 2 is 1.70 bits per heavy atom. The Kier molecular flexibility index (Phi) is 5.70. The lowest BCUT2D eigenvalue weighted by Crippen LogP contribution is -2.43. The minimum Gasteiger partial charge on any atom is -0.338 e. The first-order valence-corrected chi connectivity index (χ1v) is 12.4. The quantitative estimate of drug-likeness (QED) is 0.465. The predicted octanol–water partition coefficient (Wildman–Crippen LogP) is 4.27. The molecule has 4 aromatic rings. The fourth-order valence-corrected chi connectivity index (χ4v) is 5.77. The van der Waals surface area contributed by atoms with Crippen molar-refractivity contribution in [1.82, 2.24) is 14.3 Å². The number of carbonyl (C=O) groups excluding carboxylic acids is 1. The Labute approximate surface area is 192 Å². The zero-order valence-corrected chi connectivity index (χ0v) is 18.8. The molecule has 1 aliphatic rings. The molecule has 1 saturated heterocycles. The molecule has 168 valence electrons. The van der Waals surface area contributed by atoms with Crippen LogP contribution in [0.25, 0.3) is 22.4 Å². The van der Waals surface area contributed by atoms with Crippen LogP contribution >= 0.6 is 0 Å². The summed E-state index contributed by atoms with van der Waals surface area (Å²) in [6.07, 6.45) is 1.27.